The number of carbonyl (C=O) groups is 2. The Morgan fingerprint density at radius 1 is 1.30 bits per heavy atom. The molecule has 1 fully saturated rings. The maximum atomic E-state index is 12.4. The molecule has 0 spiro atoms. The molecule has 2 heterocycles. The summed E-state index contributed by atoms with van der Waals surface area (Å²) in [5.41, 5.74) is 6.29. The zero-order chi connectivity index (χ0) is 14.7. The minimum absolute atomic E-state index is 0.0488. The number of amides is 3. The number of aromatic nitrogens is 1. The van der Waals surface area contributed by atoms with E-state index >= 15 is 0 Å². The molecule has 0 atom stereocenters. The minimum atomic E-state index is -0.0715. The number of nitrogens with two attached hydrogens (primary N) is 1. The van der Waals surface area contributed by atoms with Crippen LogP contribution in [0, 0.1) is 6.92 Å². The van der Waals surface area contributed by atoms with Gasteiger partial charge in [-0.15, -0.1) is 0 Å². The Morgan fingerprint density at radius 3 is 2.40 bits per heavy atom. The smallest absolute Gasteiger partial charge is 0.317 e. The number of aryl methyl sites for hydroxylation is 1. The van der Waals surface area contributed by atoms with Crippen LogP contribution in [0.4, 0.5) is 9.93 Å². The Kier molecular flexibility index (Phi) is 4.43. The number of anilines is 1. The van der Waals surface area contributed by atoms with E-state index in [1.54, 1.807) is 16.7 Å². The topological polar surface area (TPSA) is 91.6 Å². The van der Waals surface area contributed by atoms with E-state index in [2.05, 4.69) is 10.3 Å². The van der Waals surface area contributed by atoms with Gasteiger partial charge < -0.3 is 20.9 Å². The number of nitrogen functional groups attached to an aromatic ring is 1. The first-order chi connectivity index (χ1) is 9.52. The first-order valence-electron chi connectivity index (χ1n) is 6.58. The second-order valence-corrected chi connectivity index (χ2v) is 5.61. The van der Waals surface area contributed by atoms with Crippen LogP contribution in [0.25, 0.3) is 0 Å². The molecule has 3 N–H and O–H groups in total. The van der Waals surface area contributed by atoms with Crippen molar-refractivity contribution in [3.05, 3.63) is 10.6 Å². The van der Waals surface area contributed by atoms with E-state index < -0.39 is 0 Å². The van der Waals surface area contributed by atoms with E-state index in [0.29, 0.717) is 48.4 Å². The van der Waals surface area contributed by atoms with E-state index in [1.807, 2.05) is 6.92 Å². The number of urea groups is 1. The van der Waals surface area contributed by atoms with E-state index in [1.165, 1.54) is 11.3 Å². The Morgan fingerprint density at radius 2 is 1.90 bits per heavy atom. The van der Waals surface area contributed by atoms with Gasteiger partial charge >= 0.3 is 6.03 Å². The number of carbonyl (C=O) groups excluding carboxylic acids is 2. The second-order valence-electron chi connectivity index (χ2n) is 4.58. The van der Waals surface area contributed by atoms with Crippen molar-refractivity contribution in [3.63, 3.8) is 0 Å². The molecule has 2 rings (SSSR count). The summed E-state index contributed by atoms with van der Waals surface area (Å²) in [7, 11) is 0. The van der Waals surface area contributed by atoms with Gasteiger partial charge in [-0.2, -0.15) is 0 Å². The average Bonchev–Trinajstić information content (AvgIpc) is 2.77. The van der Waals surface area contributed by atoms with Crippen LogP contribution in [0.2, 0.25) is 0 Å². The minimum Gasteiger partial charge on any atom is -0.375 e. The fourth-order valence-electron chi connectivity index (χ4n) is 2.13. The van der Waals surface area contributed by atoms with Crippen molar-refractivity contribution in [3.8, 4) is 0 Å². The lowest BCUT2D eigenvalue weighted by atomic mass is 10.3. The third-order valence-electron chi connectivity index (χ3n) is 3.19. The quantitative estimate of drug-likeness (QED) is 0.832. The highest BCUT2D eigenvalue weighted by Gasteiger charge is 2.26. The van der Waals surface area contributed by atoms with Crippen LogP contribution < -0.4 is 11.1 Å². The highest BCUT2D eigenvalue weighted by Crippen LogP contribution is 2.22. The predicted octanol–water partition coefficient (Wildman–Crippen LogP) is 0.521. The molecular formula is C12H19N5O2S. The third-order valence-corrected chi connectivity index (χ3v) is 4.16. The van der Waals surface area contributed by atoms with Gasteiger partial charge in [-0.25, -0.2) is 9.78 Å². The highest BCUT2D eigenvalue weighted by atomic mass is 32.1. The molecule has 1 aliphatic rings. The van der Waals surface area contributed by atoms with Gasteiger partial charge in [0.05, 0.1) is 5.69 Å². The van der Waals surface area contributed by atoms with Crippen molar-refractivity contribution in [1.29, 1.82) is 0 Å². The number of nitrogens with zero attached hydrogens (tertiary/aromatic N) is 3. The summed E-state index contributed by atoms with van der Waals surface area (Å²) in [4.78, 5) is 32.2. The van der Waals surface area contributed by atoms with Crippen LogP contribution in [0.5, 0.6) is 0 Å². The van der Waals surface area contributed by atoms with Gasteiger partial charge in [0, 0.05) is 32.7 Å². The van der Waals surface area contributed by atoms with Crippen LogP contribution in [0.15, 0.2) is 0 Å². The van der Waals surface area contributed by atoms with Crippen LogP contribution in [-0.2, 0) is 0 Å². The van der Waals surface area contributed by atoms with Gasteiger partial charge in [0.2, 0.25) is 0 Å². The molecule has 1 aromatic rings. The summed E-state index contributed by atoms with van der Waals surface area (Å²) in [6, 6.07) is -0.0715. The highest BCUT2D eigenvalue weighted by molar-refractivity contribution is 7.17. The first-order valence-corrected chi connectivity index (χ1v) is 7.39. The molecule has 0 aromatic carbocycles. The van der Waals surface area contributed by atoms with Crippen molar-refractivity contribution >= 4 is 28.4 Å². The van der Waals surface area contributed by atoms with Gasteiger partial charge in [0.15, 0.2) is 5.13 Å². The third kappa shape index (κ3) is 3.01. The largest absolute Gasteiger partial charge is 0.375 e. The number of thiazole rings is 1. The van der Waals surface area contributed by atoms with Crippen molar-refractivity contribution in [1.82, 2.24) is 20.1 Å². The Hall–Kier alpha value is -1.83. The molecule has 20 heavy (non-hydrogen) atoms. The lowest BCUT2D eigenvalue weighted by Gasteiger charge is -2.34. The lowest BCUT2D eigenvalue weighted by molar-refractivity contribution is 0.0669. The zero-order valence-electron chi connectivity index (χ0n) is 11.7. The summed E-state index contributed by atoms with van der Waals surface area (Å²) < 4.78 is 0. The molecular weight excluding hydrogens is 278 g/mol. The maximum absolute atomic E-state index is 12.4. The molecule has 0 aliphatic carbocycles. The molecule has 0 radical (unpaired) electrons. The van der Waals surface area contributed by atoms with E-state index in [9.17, 15) is 9.59 Å². The summed E-state index contributed by atoms with van der Waals surface area (Å²) >= 11 is 1.21. The van der Waals surface area contributed by atoms with Crippen LogP contribution in [0.1, 0.15) is 22.3 Å². The van der Waals surface area contributed by atoms with Crippen molar-refractivity contribution in [2.45, 2.75) is 13.8 Å². The fraction of sp³-hybridized carbons (Fsp3) is 0.583. The summed E-state index contributed by atoms with van der Waals surface area (Å²) in [5.74, 6) is -0.0488. The van der Waals surface area contributed by atoms with Gasteiger partial charge in [-0.05, 0) is 13.8 Å². The molecule has 0 saturated carbocycles. The number of piperazine rings is 1. The predicted molar refractivity (Wildman–Crippen MR) is 77.8 cm³/mol. The summed E-state index contributed by atoms with van der Waals surface area (Å²) in [6.07, 6.45) is 0. The molecule has 7 nitrogen and oxygen atoms in total. The van der Waals surface area contributed by atoms with E-state index in [-0.39, 0.29) is 11.9 Å². The second kappa shape index (κ2) is 6.08. The number of rotatable bonds is 2. The normalized spacial score (nSPS) is 15.3. The van der Waals surface area contributed by atoms with Crippen LogP contribution >= 0.6 is 11.3 Å². The van der Waals surface area contributed by atoms with Crippen molar-refractivity contribution in [2.75, 3.05) is 38.5 Å². The van der Waals surface area contributed by atoms with Crippen molar-refractivity contribution in [2.24, 2.45) is 0 Å². The molecule has 1 aromatic heterocycles. The van der Waals surface area contributed by atoms with Crippen LogP contribution in [0.3, 0.4) is 0 Å². The zero-order valence-corrected chi connectivity index (χ0v) is 12.5. The van der Waals surface area contributed by atoms with E-state index in [4.69, 9.17) is 5.73 Å². The Balaban J connectivity index is 1.95. The van der Waals surface area contributed by atoms with Gasteiger partial charge in [0.1, 0.15) is 4.88 Å². The summed E-state index contributed by atoms with van der Waals surface area (Å²) in [6.45, 7) is 6.44. The van der Waals surface area contributed by atoms with Crippen molar-refractivity contribution < 1.29 is 9.59 Å². The Bertz CT molecular complexity index is 508. The molecule has 0 unspecified atom stereocenters. The monoisotopic (exact) mass is 297 g/mol. The van der Waals surface area contributed by atoms with E-state index in [0.717, 1.165) is 0 Å². The summed E-state index contributed by atoms with van der Waals surface area (Å²) in [5, 5.41) is 3.17. The molecule has 3 amide bonds. The standard InChI is InChI=1S/C12H19N5O2S/c1-3-14-12(19)17-6-4-16(5-7-17)10(18)9-8(2)15-11(13)20-9/h3-7H2,1-2H3,(H2,13,15)(H,14,19). The fourth-order valence-corrected chi connectivity index (χ4v) is 2.94. The number of hydrogen-bond donors (Lipinski definition) is 2. The SMILES string of the molecule is CCNC(=O)N1CCN(C(=O)c2sc(N)nc2C)CC1. The Labute approximate surface area is 121 Å². The average molecular weight is 297 g/mol. The molecule has 1 aliphatic heterocycles. The van der Waals surface area contributed by atoms with Gasteiger partial charge in [0.25, 0.3) is 5.91 Å². The number of hydrogen-bond acceptors (Lipinski definition) is 5. The lowest BCUT2D eigenvalue weighted by Crippen LogP contribution is -2.53. The molecule has 110 valence electrons. The molecule has 8 heteroatoms. The first kappa shape index (κ1) is 14.6. The van der Waals surface area contributed by atoms with Gasteiger partial charge in [-0.3, -0.25) is 4.79 Å². The molecule has 1 saturated heterocycles. The maximum Gasteiger partial charge on any atom is 0.317 e. The molecule has 0 bridgehead atoms. The number of nitrogens with one attached hydrogen (secondary N) is 1. The van der Waals surface area contributed by atoms with Crippen LogP contribution in [-0.4, -0.2) is 59.4 Å². The van der Waals surface area contributed by atoms with Gasteiger partial charge in [-0.1, -0.05) is 11.3 Å².